The Morgan fingerprint density at radius 3 is 2.55 bits per heavy atom. The molecular formula is C24H27N3O2. The van der Waals surface area contributed by atoms with E-state index < -0.39 is 0 Å². The van der Waals surface area contributed by atoms with Crippen molar-refractivity contribution in [2.75, 3.05) is 19.6 Å². The average molecular weight is 389 g/mol. The highest BCUT2D eigenvalue weighted by molar-refractivity contribution is 5.93. The van der Waals surface area contributed by atoms with Gasteiger partial charge in [0.15, 0.2) is 11.5 Å². The number of likely N-dealkylation sites (tertiary alicyclic amines) is 1. The van der Waals surface area contributed by atoms with E-state index in [2.05, 4.69) is 47.4 Å². The summed E-state index contributed by atoms with van der Waals surface area (Å²) in [6.45, 7) is 6.81. The minimum Gasteiger partial charge on any atom is -0.355 e. The Morgan fingerprint density at radius 2 is 1.83 bits per heavy atom. The molecular weight excluding hydrogens is 362 g/mol. The minimum atomic E-state index is -0.205. The standard InChI is InChI=1S/C24H27N3O2/c1-17-10-11-20(14-18(17)2)23-15-21(26-29-23)24(28)25-16-22(27-12-6-7-13-27)19-8-4-3-5-9-19/h3-5,8-11,14-15,22H,6-7,12-13,16H2,1-2H3,(H,25,28). The second kappa shape index (κ2) is 8.62. The number of benzene rings is 2. The first kappa shape index (κ1) is 19.4. The van der Waals surface area contributed by atoms with Gasteiger partial charge in [0.2, 0.25) is 0 Å². The van der Waals surface area contributed by atoms with Crippen LogP contribution in [0.15, 0.2) is 59.1 Å². The quantitative estimate of drug-likeness (QED) is 0.673. The molecule has 1 amide bonds. The second-order valence-corrected chi connectivity index (χ2v) is 7.76. The summed E-state index contributed by atoms with van der Waals surface area (Å²) in [5.74, 6) is 0.404. The van der Waals surface area contributed by atoms with Crippen LogP contribution in [0.3, 0.4) is 0 Å². The number of carbonyl (C=O) groups is 1. The molecule has 1 atom stereocenters. The molecule has 4 rings (SSSR count). The molecule has 1 N–H and O–H groups in total. The smallest absolute Gasteiger partial charge is 0.273 e. The number of aromatic nitrogens is 1. The molecule has 5 nitrogen and oxygen atoms in total. The van der Waals surface area contributed by atoms with E-state index >= 15 is 0 Å². The Hall–Kier alpha value is -2.92. The van der Waals surface area contributed by atoms with Crippen LogP contribution in [0, 0.1) is 13.8 Å². The predicted molar refractivity (Wildman–Crippen MR) is 114 cm³/mol. The minimum absolute atomic E-state index is 0.175. The summed E-state index contributed by atoms with van der Waals surface area (Å²) >= 11 is 0. The van der Waals surface area contributed by atoms with Gasteiger partial charge in [0.05, 0.1) is 6.04 Å². The number of nitrogens with one attached hydrogen (secondary N) is 1. The van der Waals surface area contributed by atoms with Gasteiger partial charge in [0.25, 0.3) is 5.91 Å². The molecule has 2 aromatic carbocycles. The summed E-state index contributed by atoms with van der Waals surface area (Å²) in [6.07, 6.45) is 2.42. The van der Waals surface area contributed by atoms with Gasteiger partial charge in [-0.2, -0.15) is 0 Å². The molecule has 150 valence electrons. The van der Waals surface area contributed by atoms with Gasteiger partial charge in [-0.1, -0.05) is 47.6 Å². The fraction of sp³-hybridized carbons (Fsp3) is 0.333. The van der Waals surface area contributed by atoms with Crippen LogP contribution in [-0.2, 0) is 0 Å². The van der Waals surface area contributed by atoms with E-state index in [-0.39, 0.29) is 11.9 Å². The Morgan fingerprint density at radius 1 is 1.07 bits per heavy atom. The van der Waals surface area contributed by atoms with Crippen molar-refractivity contribution in [2.24, 2.45) is 0 Å². The van der Waals surface area contributed by atoms with Gasteiger partial charge in [-0.25, -0.2) is 0 Å². The summed E-state index contributed by atoms with van der Waals surface area (Å²) in [5.41, 5.74) is 4.87. The summed E-state index contributed by atoms with van der Waals surface area (Å²) in [5, 5.41) is 7.05. The molecule has 1 saturated heterocycles. The Balaban J connectivity index is 1.46. The molecule has 29 heavy (non-hydrogen) atoms. The van der Waals surface area contributed by atoms with Crippen LogP contribution < -0.4 is 5.32 Å². The maximum atomic E-state index is 12.7. The maximum absolute atomic E-state index is 12.7. The molecule has 1 fully saturated rings. The third-order valence-electron chi connectivity index (χ3n) is 5.76. The lowest BCUT2D eigenvalue weighted by Gasteiger charge is -2.28. The second-order valence-electron chi connectivity index (χ2n) is 7.76. The van der Waals surface area contributed by atoms with Crippen molar-refractivity contribution in [3.8, 4) is 11.3 Å². The van der Waals surface area contributed by atoms with Gasteiger partial charge in [-0.05, 0) is 62.5 Å². The van der Waals surface area contributed by atoms with Crippen LogP contribution in [0.2, 0.25) is 0 Å². The van der Waals surface area contributed by atoms with Crippen LogP contribution in [0.1, 0.15) is 46.1 Å². The molecule has 5 heteroatoms. The average Bonchev–Trinajstić information content (AvgIpc) is 3.43. The number of aryl methyl sites for hydroxylation is 2. The Labute approximate surface area is 171 Å². The number of nitrogens with zero attached hydrogens (tertiary/aromatic N) is 2. The van der Waals surface area contributed by atoms with Crippen molar-refractivity contribution in [1.82, 2.24) is 15.4 Å². The lowest BCUT2D eigenvalue weighted by molar-refractivity contribution is 0.0929. The van der Waals surface area contributed by atoms with Crippen molar-refractivity contribution in [3.05, 3.63) is 77.0 Å². The predicted octanol–water partition coefficient (Wildman–Crippen LogP) is 4.53. The largest absolute Gasteiger partial charge is 0.355 e. The normalized spacial score (nSPS) is 15.4. The number of carbonyl (C=O) groups excluding carboxylic acids is 1. The summed E-state index contributed by atoms with van der Waals surface area (Å²) in [7, 11) is 0. The van der Waals surface area contributed by atoms with Crippen LogP contribution in [-0.4, -0.2) is 35.6 Å². The number of amides is 1. The van der Waals surface area contributed by atoms with E-state index in [0.29, 0.717) is 18.0 Å². The molecule has 1 aromatic heterocycles. The first-order chi connectivity index (χ1) is 14.1. The molecule has 0 spiro atoms. The third kappa shape index (κ3) is 4.40. The van der Waals surface area contributed by atoms with Gasteiger partial charge in [-0.15, -0.1) is 0 Å². The van der Waals surface area contributed by atoms with Crippen molar-refractivity contribution in [2.45, 2.75) is 32.7 Å². The maximum Gasteiger partial charge on any atom is 0.273 e. The van der Waals surface area contributed by atoms with Crippen molar-refractivity contribution >= 4 is 5.91 Å². The molecule has 0 radical (unpaired) electrons. The van der Waals surface area contributed by atoms with E-state index in [4.69, 9.17) is 4.52 Å². The fourth-order valence-corrected chi connectivity index (χ4v) is 3.88. The van der Waals surface area contributed by atoms with Crippen molar-refractivity contribution in [3.63, 3.8) is 0 Å². The van der Waals surface area contributed by atoms with Crippen LogP contribution >= 0.6 is 0 Å². The zero-order valence-corrected chi connectivity index (χ0v) is 17.0. The molecule has 1 aliphatic rings. The monoisotopic (exact) mass is 389 g/mol. The molecule has 0 saturated carbocycles. The molecule has 1 unspecified atom stereocenters. The summed E-state index contributed by atoms with van der Waals surface area (Å²) in [4.78, 5) is 15.2. The molecule has 3 aromatic rings. The first-order valence-corrected chi connectivity index (χ1v) is 10.2. The topological polar surface area (TPSA) is 58.4 Å². The molecule has 2 heterocycles. The SMILES string of the molecule is Cc1ccc(-c2cc(C(=O)NCC(c3ccccc3)N3CCCC3)no2)cc1C. The van der Waals surface area contributed by atoms with Crippen LogP contribution in [0.5, 0.6) is 0 Å². The van der Waals surface area contributed by atoms with Crippen molar-refractivity contribution in [1.29, 1.82) is 0 Å². The summed E-state index contributed by atoms with van der Waals surface area (Å²) < 4.78 is 5.44. The highest BCUT2D eigenvalue weighted by atomic mass is 16.5. The lowest BCUT2D eigenvalue weighted by atomic mass is 10.0. The van der Waals surface area contributed by atoms with Gasteiger partial charge >= 0.3 is 0 Å². The van der Waals surface area contributed by atoms with E-state index in [9.17, 15) is 4.79 Å². The van der Waals surface area contributed by atoms with Gasteiger partial charge < -0.3 is 9.84 Å². The zero-order valence-electron chi connectivity index (χ0n) is 17.0. The number of hydrogen-bond donors (Lipinski definition) is 1. The van der Waals surface area contributed by atoms with E-state index in [1.807, 2.05) is 30.3 Å². The van der Waals surface area contributed by atoms with E-state index in [1.165, 1.54) is 29.5 Å². The molecule has 0 aliphatic carbocycles. The fourth-order valence-electron chi connectivity index (χ4n) is 3.88. The van der Waals surface area contributed by atoms with Gasteiger partial charge in [0, 0.05) is 18.2 Å². The molecule has 0 bridgehead atoms. The number of hydrogen-bond acceptors (Lipinski definition) is 4. The zero-order chi connectivity index (χ0) is 20.2. The van der Waals surface area contributed by atoms with E-state index in [1.54, 1.807) is 6.07 Å². The highest BCUT2D eigenvalue weighted by Gasteiger charge is 2.24. The Kier molecular flexibility index (Phi) is 5.76. The summed E-state index contributed by atoms with van der Waals surface area (Å²) in [6, 6.07) is 18.4. The van der Waals surface area contributed by atoms with Gasteiger partial charge in [0.1, 0.15) is 0 Å². The van der Waals surface area contributed by atoms with E-state index in [0.717, 1.165) is 18.7 Å². The van der Waals surface area contributed by atoms with Gasteiger partial charge in [-0.3, -0.25) is 9.69 Å². The highest BCUT2D eigenvalue weighted by Crippen LogP contribution is 2.25. The number of rotatable bonds is 6. The van der Waals surface area contributed by atoms with Crippen LogP contribution in [0.4, 0.5) is 0 Å². The third-order valence-corrected chi connectivity index (χ3v) is 5.76. The lowest BCUT2D eigenvalue weighted by Crippen LogP contribution is -2.36. The Bertz CT molecular complexity index is 975. The van der Waals surface area contributed by atoms with Crippen molar-refractivity contribution < 1.29 is 9.32 Å². The van der Waals surface area contributed by atoms with Crippen LogP contribution in [0.25, 0.3) is 11.3 Å². The molecule has 1 aliphatic heterocycles. The first-order valence-electron chi connectivity index (χ1n) is 10.2.